The number of amides is 1. The number of hydrazine groups is 2. The maximum Gasteiger partial charge on any atom is 0.356 e. The Morgan fingerprint density at radius 1 is 0.914 bits per heavy atom. The summed E-state index contributed by atoms with van der Waals surface area (Å²) in [5, 5.41) is 22.3. The van der Waals surface area contributed by atoms with Crippen LogP contribution < -0.4 is 21.1 Å². The highest BCUT2D eigenvalue weighted by Gasteiger charge is 2.25. The van der Waals surface area contributed by atoms with Crippen LogP contribution in [0.5, 0.6) is 0 Å². The molecule has 16 heteroatoms. The summed E-state index contributed by atoms with van der Waals surface area (Å²) < 4.78 is 24.9. The number of anilines is 2. The zero-order valence-electron chi connectivity index (χ0n) is 18.0. The molecule has 1 aromatic heterocycles. The van der Waals surface area contributed by atoms with E-state index in [4.69, 9.17) is 0 Å². The molecule has 182 valence electrons. The predicted molar refractivity (Wildman–Crippen MR) is 122 cm³/mol. The van der Waals surface area contributed by atoms with E-state index in [1.54, 1.807) is 19.1 Å². The molecular formula is C19H18N8O7S. The van der Waals surface area contributed by atoms with Gasteiger partial charge in [-0.1, -0.05) is 29.8 Å². The molecule has 3 rings (SSSR count). The first-order valence-corrected chi connectivity index (χ1v) is 11.2. The zero-order valence-corrected chi connectivity index (χ0v) is 18.8. The fraction of sp³-hybridized carbons (Fsp3) is 0.105. The molecule has 4 N–H and O–H groups in total. The summed E-state index contributed by atoms with van der Waals surface area (Å²) in [7, 11) is -4.08. The van der Waals surface area contributed by atoms with Crippen LogP contribution in [0, 0.1) is 27.2 Å². The highest BCUT2D eigenvalue weighted by Crippen LogP contribution is 2.28. The van der Waals surface area contributed by atoms with Gasteiger partial charge in [-0.2, -0.15) is 0 Å². The van der Waals surface area contributed by atoms with Gasteiger partial charge in [0.2, 0.25) is 17.5 Å². The number of nitro groups is 2. The number of nitrogens with one attached hydrogen (secondary N) is 4. The van der Waals surface area contributed by atoms with Gasteiger partial charge in [-0.25, -0.2) is 18.4 Å². The minimum absolute atomic E-state index is 0.0795. The van der Waals surface area contributed by atoms with Crippen LogP contribution in [0.1, 0.15) is 11.1 Å². The molecule has 0 atom stereocenters. The summed E-state index contributed by atoms with van der Waals surface area (Å²) in [5.41, 5.74) is 7.14. The summed E-state index contributed by atoms with van der Waals surface area (Å²) in [6.07, 6.45) is 0.728. The van der Waals surface area contributed by atoms with Crippen molar-refractivity contribution in [2.75, 3.05) is 10.9 Å². The fourth-order valence-electron chi connectivity index (χ4n) is 2.72. The lowest BCUT2D eigenvalue weighted by atomic mass is 10.1. The Hall–Kier alpha value is -4.70. The monoisotopic (exact) mass is 502 g/mol. The highest BCUT2D eigenvalue weighted by molar-refractivity contribution is 7.89. The van der Waals surface area contributed by atoms with Crippen LogP contribution in [0.25, 0.3) is 0 Å². The van der Waals surface area contributed by atoms with Crippen molar-refractivity contribution in [2.45, 2.75) is 18.2 Å². The smallest absolute Gasteiger partial charge is 0.286 e. The molecule has 0 aliphatic rings. The molecule has 1 heterocycles. The third-order valence-electron chi connectivity index (χ3n) is 4.47. The van der Waals surface area contributed by atoms with Crippen molar-refractivity contribution in [3.63, 3.8) is 0 Å². The lowest BCUT2D eigenvalue weighted by Crippen LogP contribution is -2.33. The van der Waals surface area contributed by atoms with E-state index in [1.807, 2.05) is 4.83 Å². The normalized spacial score (nSPS) is 10.9. The number of rotatable bonds is 10. The molecule has 35 heavy (non-hydrogen) atoms. The number of carbonyl (C=O) groups is 1. The molecule has 3 aromatic rings. The van der Waals surface area contributed by atoms with E-state index < -0.39 is 43.1 Å². The first kappa shape index (κ1) is 24.9. The Kier molecular flexibility index (Phi) is 7.47. The first-order chi connectivity index (χ1) is 16.6. The molecule has 0 aliphatic heterocycles. The minimum atomic E-state index is -4.08. The molecule has 1 amide bonds. The molecule has 15 nitrogen and oxygen atoms in total. The van der Waals surface area contributed by atoms with Gasteiger partial charge in [0.1, 0.15) is 6.33 Å². The van der Waals surface area contributed by atoms with Crippen molar-refractivity contribution in [1.29, 1.82) is 0 Å². The van der Waals surface area contributed by atoms with E-state index in [-0.39, 0.29) is 17.0 Å². The number of non-ortho nitro benzene ring substituents is 1. The van der Waals surface area contributed by atoms with Gasteiger partial charge in [0.05, 0.1) is 21.2 Å². The number of aryl methyl sites for hydroxylation is 1. The van der Waals surface area contributed by atoms with Gasteiger partial charge >= 0.3 is 5.69 Å². The number of hydrogen-bond donors (Lipinski definition) is 4. The number of nitrogens with zero attached hydrogens (tertiary/aromatic N) is 4. The molecule has 0 aliphatic carbocycles. The standard InChI is InChI=1S/C19H18N8O7S/c1-12-2-8-15(9-3-12)35(33,34)25-24-19-17(27(31)32)18(20-11-21-19)23-22-16(28)10-13-4-6-14(7-5-13)26(29)30/h2-9,11,25H,10H2,1H3,(H,22,28)(H2,20,21,23,24). The number of aromatic nitrogens is 2. The van der Waals surface area contributed by atoms with Crippen molar-refractivity contribution in [3.05, 3.63) is 86.2 Å². The maximum absolute atomic E-state index is 12.4. The average Bonchev–Trinajstić information content (AvgIpc) is 2.82. The van der Waals surface area contributed by atoms with Crippen LogP contribution >= 0.6 is 0 Å². The molecule has 0 saturated carbocycles. The van der Waals surface area contributed by atoms with E-state index in [9.17, 15) is 33.4 Å². The molecule has 0 fully saturated rings. The Bertz CT molecular complexity index is 1360. The molecular weight excluding hydrogens is 484 g/mol. The van der Waals surface area contributed by atoms with Crippen molar-refractivity contribution in [3.8, 4) is 0 Å². The Balaban J connectivity index is 1.69. The van der Waals surface area contributed by atoms with Crippen LogP contribution in [-0.4, -0.2) is 34.1 Å². The summed E-state index contributed by atoms with van der Waals surface area (Å²) in [5.74, 6) is -1.52. The average molecular weight is 502 g/mol. The van der Waals surface area contributed by atoms with E-state index in [0.717, 1.165) is 11.9 Å². The second kappa shape index (κ2) is 10.5. The molecule has 0 bridgehead atoms. The van der Waals surface area contributed by atoms with Crippen LogP contribution in [0.15, 0.2) is 59.8 Å². The Morgan fingerprint density at radius 3 is 2.09 bits per heavy atom. The third kappa shape index (κ3) is 6.42. The maximum atomic E-state index is 12.4. The number of nitro benzene ring substituents is 1. The summed E-state index contributed by atoms with van der Waals surface area (Å²) in [6, 6.07) is 11.2. The van der Waals surface area contributed by atoms with E-state index in [1.165, 1.54) is 36.4 Å². The van der Waals surface area contributed by atoms with Gasteiger partial charge in [-0.05, 0) is 24.6 Å². The van der Waals surface area contributed by atoms with Gasteiger partial charge < -0.3 is 0 Å². The lowest BCUT2D eigenvalue weighted by Gasteiger charge is -2.12. The lowest BCUT2D eigenvalue weighted by molar-refractivity contribution is -0.384. The fourth-order valence-corrected chi connectivity index (χ4v) is 3.56. The van der Waals surface area contributed by atoms with Gasteiger partial charge in [-0.15, -0.1) is 4.83 Å². The number of carbonyl (C=O) groups excluding carboxylic acids is 1. The van der Waals surface area contributed by atoms with E-state index in [0.29, 0.717) is 5.56 Å². The van der Waals surface area contributed by atoms with Crippen molar-refractivity contribution in [2.24, 2.45) is 0 Å². The van der Waals surface area contributed by atoms with Gasteiger partial charge in [0.25, 0.3) is 15.7 Å². The summed E-state index contributed by atoms with van der Waals surface area (Å²) in [4.78, 5) is 42.4. The number of hydrogen-bond acceptors (Lipinski definition) is 11. The molecule has 0 radical (unpaired) electrons. The van der Waals surface area contributed by atoms with Crippen molar-refractivity contribution >= 4 is 38.9 Å². The number of benzene rings is 2. The minimum Gasteiger partial charge on any atom is -0.286 e. The van der Waals surface area contributed by atoms with Crippen LogP contribution in [0.2, 0.25) is 0 Å². The second-order valence-electron chi connectivity index (χ2n) is 6.99. The van der Waals surface area contributed by atoms with Crippen LogP contribution in [0.3, 0.4) is 0 Å². The third-order valence-corrected chi connectivity index (χ3v) is 5.74. The van der Waals surface area contributed by atoms with Gasteiger partial charge in [0.15, 0.2) is 0 Å². The quantitative estimate of drug-likeness (QED) is 0.231. The zero-order chi connectivity index (χ0) is 25.6. The second-order valence-corrected chi connectivity index (χ2v) is 8.68. The predicted octanol–water partition coefficient (Wildman–Crippen LogP) is 1.59. The largest absolute Gasteiger partial charge is 0.356 e. The summed E-state index contributed by atoms with van der Waals surface area (Å²) >= 11 is 0. The summed E-state index contributed by atoms with van der Waals surface area (Å²) in [6.45, 7) is 1.78. The van der Waals surface area contributed by atoms with Crippen LogP contribution in [0.4, 0.5) is 23.0 Å². The van der Waals surface area contributed by atoms with Gasteiger partial charge in [-0.3, -0.25) is 41.3 Å². The first-order valence-electron chi connectivity index (χ1n) is 9.69. The van der Waals surface area contributed by atoms with Crippen LogP contribution in [-0.2, 0) is 21.2 Å². The van der Waals surface area contributed by atoms with Crippen molar-refractivity contribution < 1.29 is 23.1 Å². The van der Waals surface area contributed by atoms with E-state index in [2.05, 4.69) is 26.2 Å². The van der Waals surface area contributed by atoms with Crippen molar-refractivity contribution in [1.82, 2.24) is 20.2 Å². The number of sulfonamides is 1. The van der Waals surface area contributed by atoms with Gasteiger partial charge in [0, 0.05) is 12.1 Å². The highest BCUT2D eigenvalue weighted by atomic mass is 32.2. The Morgan fingerprint density at radius 2 is 1.51 bits per heavy atom. The molecule has 0 unspecified atom stereocenters. The molecule has 2 aromatic carbocycles. The Labute approximate surface area is 197 Å². The molecule has 0 saturated heterocycles. The SMILES string of the molecule is Cc1ccc(S(=O)(=O)NNc2ncnc(NNC(=O)Cc3ccc([N+](=O)[O-])cc3)c2[N+](=O)[O-])cc1. The van der Waals surface area contributed by atoms with E-state index >= 15 is 0 Å². The molecule has 0 spiro atoms. The topological polar surface area (TPSA) is 211 Å².